The molecule has 2 heterocycles. The SMILES string of the molecule is N#Cc1ccc(CNc2ccc(-n3cc[nH]c3=O)cc2)s1. The van der Waals surface area contributed by atoms with E-state index in [9.17, 15) is 4.79 Å². The summed E-state index contributed by atoms with van der Waals surface area (Å²) >= 11 is 1.48. The van der Waals surface area contributed by atoms with Gasteiger partial charge >= 0.3 is 5.69 Å². The number of anilines is 1. The molecular weight excluding hydrogens is 284 g/mol. The van der Waals surface area contributed by atoms with Crippen molar-refractivity contribution in [2.24, 2.45) is 0 Å². The fraction of sp³-hybridized carbons (Fsp3) is 0.0667. The number of nitriles is 1. The van der Waals surface area contributed by atoms with Gasteiger partial charge in [-0.25, -0.2) is 4.79 Å². The van der Waals surface area contributed by atoms with Gasteiger partial charge in [-0.1, -0.05) is 0 Å². The first kappa shape index (κ1) is 13.2. The molecule has 0 fully saturated rings. The molecule has 0 radical (unpaired) electrons. The number of hydrogen-bond donors (Lipinski definition) is 2. The summed E-state index contributed by atoms with van der Waals surface area (Å²) in [4.78, 5) is 15.9. The minimum Gasteiger partial charge on any atom is -0.380 e. The van der Waals surface area contributed by atoms with E-state index in [1.165, 1.54) is 11.3 Å². The number of benzene rings is 1. The Balaban J connectivity index is 1.69. The second-order valence-corrected chi connectivity index (χ2v) is 5.58. The van der Waals surface area contributed by atoms with Gasteiger partial charge in [0.25, 0.3) is 0 Å². The second-order valence-electron chi connectivity index (χ2n) is 4.41. The molecule has 2 N–H and O–H groups in total. The maximum absolute atomic E-state index is 11.5. The highest BCUT2D eigenvalue weighted by atomic mass is 32.1. The van der Waals surface area contributed by atoms with Gasteiger partial charge in [0.05, 0.1) is 5.69 Å². The molecule has 0 amide bonds. The Morgan fingerprint density at radius 1 is 1.24 bits per heavy atom. The van der Waals surface area contributed by atoms with Crippen molar-refractivity contribution in [2.45, 2.75) is 6.54 Å². The lowest BCUT2D eigenvalue weighted by atomic mass is 10.2. The predicted molar refractivity (Wildman–Crippen MR) is 82.8 cm³/mol. The van der Waals surface area contributed by atoms with Crippen LogP contribution in [0, 0.1) is 11.3 Å². The van der Waals surface area contributed by atoms with Gasteiger partial charge in [0.15, 0.2) is 0 Å². The maximum atomic E-state index is 11.5. The summed E-state index contributed by atoms with van der Waals surface area (Å²) in [5, 5.41) is 12.1. The third-order valence-corrected chi connectivity index (χ3v) is 4.02. The monoisotopic (exact) mass is 296 g/mol. The van der Waals surface area contributed by atoms with Crippen LogP contribution >= 0.6 is 11.3 Å². The van der Waals surface area contributed by atoms with Gasteiger partial charge in [-0.05, 0) is 36.4 Å². The Hall–Kier alpha value is -2.78. The van der Waals surface area contributed by atoms with E-state index in [1.54, 1.807) is 17.0 Å². The Kier molecular flexibility index (Phi) is 3.58. The van der Waals surface area contributed by atoms with Crippen molar-refractivity contribution in [3.63, 3.8) is 0 Å². The van der Waals surface area contributed by atoms with Crippen molar-refractivity contribution in [2.75, 3.05) is 5.32 Å². The van der Waals surface area contributed by atoms with E-state index in [1.807, 2.05) is 36.4 Å². The van der Waals surface area contributed by atoms with E-state index in [4.69, 9.17) is 5.26 Å². The molecule has 3 rings (SSSR count). The van der Waals surface area contributed by atoms with Crippen molar-refractivity contribution < 1.29 is 0 Å². The highest BCUT2D eigenvalue weighted by Crippen LogP contribution is 2.18. The molecule has 1 aromatic carbocycles. The summed E-state index contributed by atoms with van der Waals surface area (Å²) in [6.45, 7) is 0.676. The van der Waals surface area contributed by atoms with Crippen LogP contribution in [0.4, 0.5) is 5.69 Å². The first-order chi connectivity index (χ1) is 10.3. The van der Waals surface area contributed by atoms with E-state index in [0.29, 0.717) is 11.4 Å². The first-order valence-electron chi connectivity index (χ1n) is 6.35. The maximum Gasteiger partial charge on any atom is 0.330 e. The molecule has 0 atom stereocenters. The van der Waals surface area contributed by atoms with Crippen LogP contribution < -0.4 is 11.0 Å². The number of rotatable bonds is 4. The van der Waals surface area contributed by atoms with Crippen LogP contribution in [0.2, 0.25) is 0 Å². The predicted octanol–water partition coefficient (Wildman–Crippen LogP) is 2.71. The fourth-order valence-corrected chi connectivity index (χ4v) is 2.73. The molecule has 5 nitrogen and oxygen atoms in total. The number of H-pyrrole nitrogens is 1. The summed E-state index contributed by atoms with van der Waals surface area (Å²) < 4.78 is 1.54. The quantitative estimate of drug-likeness (QED) is 0.777. The molecule has 0 spiro atoms. The summed E-state index contributed by atoms with van der Waals surface area (Å²) in [5.74, 6) is 0. The minimum atomic E-state index is -0.154. The molecule has 21 heavy (non-hydrogen) atoms. The minimum absolute atomic E-state index is 0.154. The molecule has 2 aromatic heterocycles. The molecule has 0 bridgehead atoms. The van der Waals surface area contributed by atoms with Gasteiger partial charge < -0.3 is 10.3 Å². The van der Waals surface area contributed by atoms with Crippen LogP contribution in [0.3, 0.4) is 0 Å². The number of imidazole rings is 1. The van der Waals surface area contributed by atoms with Gasteiger partial charge in [-0.15, -0.1) is 11.3 Å². The van der Waals surface area contributed by atoms with Gasteiger partial charge in [-0.3, -0.25) is 4.57 Å². The Labute approximate surface area is 125 Å². The largest absolute Gasteiger partial charge is 0.380 e. The van der Waals surface area contributed by atoms with Crippen molar-refractivity contribution in [3.05, 3.63) is 69.0 Å². The van der Waals surface area contributed by atoms with E-state index >= 15 is 0 Å². The molecule has 0 aliphatic rings. The van der Waals surface area contributed by atoms with Crippen LogP contribution in [0.15, 0.2) is 53.6 Å². The normalized spacial score (nSPS) is 10.2. The fourth-order valence-electron chi connectivity index (χ4n) is 1.99. The molecule has 6 heteroatoms. The molecular formula is C15H12N4OS. The summed E-state index contributed by atoms with van der Waals surface area (Å²) in [6.07, 6.45) is 3.30. The van der Waals surface area contributed by atoms with Crippen LogP contribution in [-0.2, 0) is 6.54 Å². The topological polar surface area (TPSA) is 73.6 Å². The second kappa shape index (κ2) is 5.69. The smallest absolute Gasteiger partial charge is 0.330 e. The summed E-state index contributed by atoms with van der Waals surface area (Å²) in [7, 11) is 0. The molecule has 104 valence electrons. The first-order valence-corrected chi connectivity index (χ1v) is 7.17. The zero-order valence-electron chi connectivity index (χ0n) is 11.0. The van der Waals surface area contributed by atoms with Gasteiger partial charge in [0, 0.05) is 29.5 Å². The lowest BCUT2D eigenvalue weighted by Gasteiger charge is -2.06. The van der Waals surface area contributed by atoms with Crippen molar-refractivity contribution in [1.29, 1.82) is 5.26 Å². The number of hydrogen-bond acceptors (Lipinski definition) is 4. The highest BCUT2D eigenvalue weighted by molar-refractivity contribution is 7.12. The van der Waals surface area contributed by atoms with E-state index in [2.05, 4.69) is 16.4 Å². The number of thiophene rings is 1. The van der Waals surface area contributed by atoms with Gasteiger partial charge in [-0.2, -0.15) is 5.26 Å². The van der Waals surface area contributed by atoms with E-state index in [-0.39, 0.29) is 5.69 Å². The van der Waals surface area contributed by atoms with Gasteiger partial charge in [0.2, 0.25) is 0 Å². The van der Waals surface area contributed by atoms with Crippen molar-refractivity contribution >= 4 is 17.0 Å². The van der Waals surface area contributed by atoms with Crippen LogP contribution in [-0.4, -0.2) is 9.55 Å². The number of aromatic amines is 1. The highest BCUT2D eigenvalue weighted by Gasteiger charge is 2.01. The average molecular weight is 296 g/mol. The Morgan fingerprint density at radius 2 is 2.05 bits per heavy atom. The lowest BCUT2D eigenvalue weighted by molar-refractivity contribution is 0.987. The molecule has 0 aliphatic heterocycles. The Morgan fingerprint density at radius 3 is 2.67 bits per heavy atom. The molecule has 0 saturated heterocycles. The molecule has 0 unspecified atom stereocenters. The van der Waals surface area contributed by atoms with Crippen molar-refractivity contribution in [3.8, 4) is 11.8 Å². The van der Waals surface area contributed by atoms with E-state index < -0.39 is 0 Å². The number of nitrogens with zero attached hydrogens (tertiary/aromatic N) is 2. The third-order valence-electron chi connectivity index (χ3n) is 3.03. The zero-order valence-corrected chi connectivity index (χ0v) is 11.9. The molecule has 0 aliphatic carbocycles. The Bertz CT molecular complexity index is 835. The molecule has 0 saturated carbocycles. The van der Waals surface area contributed by atoms with Crippen LogP contribution in [0.5, 0.6) is 0 Å². The lowest BCUT2D eigenvalue weighted by Crippen LogP contribution is -2.13. The summed E-state index contributed by atoms with van der Waals surface area (Å²) in [6, 6.07) is 13.5. The zero-order chi connectivity index (χ0) is 14.7. The van der Waals surface area contributed by atoms with Crippen LogP contribution in [0.1, 0.15) is 9.75 Å². The third kappa shape index (κ3) is 2.88. The summed E-state index contributed by atoms with van der Waals surface area (Å²) in [5.41, 5.74) is 1.63. The van der Waals surface area contributed by atoms with Crippen LogP contribution in [0.25, 0.3) is 5.69 Å². The molecule has 3 aromatic rings. The number of nitrogens with one attached hydrogen (secondary N) is 2. The van der Waals surface area contributed by atoms with E-state index in [0.717, 1.165) is 16.3 Å². The standard InChI is InChI=1S/C15H12N4OS/c16-9-13-5-6-14(21-13)10-18-11-1-3-12(4-2-11)19-8-7-17-15(19)20/h1-8,18H,10H2,(H,17,20). The number of aromatic nitrogens is 2. The van der Waals surface area contributed by atoms with Gasteiger partial charge in [0.1, 0.15) is 10.9 Å². The average Bonchev–Trinajstić information content (AvgIpc) is 3.14. The van der Waals surface area contributed by atoms with Crippen molar-refractivity contribution in [1.82, 2.24) is 9.55 Å².